The number of hydrogen-bond donors (Lipinski definition) is 0. The molecule has 0 fully saturated rings. The highest BCUT2D eigenvalue weighted by Gasteiger charge is 2.16. The zero-order valence-electron chi connectivity index (χ0n) is 27.0. The van der Waals surface area contributed by atoms with E-state index in [1.165, 1.54) is 0 Å². The number of pyridine rings is 2. The third-order valence-corrected chi connectivity index (χ3v) is 9.08. The molecule has 9 aromatic rings. The van der Waals surface area contributed by atoms with E-state index in [1.807, 2.05) is 60.9 Å². The van der Waals surface area contributed by atoms with Crippen molar-refractivity contribution in [3.8, 4) is 67.5 Å². The minimum atomic E-state index is 0.630. The molecule has 0 atom stereocenters. The number of benzene rings is 6. The highest BCUT2D eigenvalue weighted by molar-refractivity contribution is 6.08. The highest BCUT2D eigenvalue weighted by Crippen LogP contribution is 2.34. The first-order valence-corrected chi connectivity index (χ1v) is 16.6. The summed E-state index contributed by atoms with van der Waals surface area (Å²) in [5.74, 6) is 1.91. The highest BCUT2D eigenvalue weighted by atomic mass is 15.0. The van der Waals surface area contributed by atoms with Crippen LogP contribution in [0.2, 0.25) is 0 Å². The molecule has 9 rings (SSSR count). The maximum Gasteiger partial charge on any atom is 0.164 e. The summed E-state index contributed by atoms with van der Waals surface area (Å²) in [7, 11) is 0. The maximum absolute atomic E-state index is 5.05. The summed E-state index contributed by atoms with van der Waals surface area (Å²) in [5.41, 5.74) is 11.4. The fraction of sp³-hybridized carbons (Fsp3) is 0. The van der Waals surface area contributed by atoms with E-state index in [9.17, 15) is 0 Å². The van der Waals surface area contributed by atoms with Crippen LogP contribution >= 0.6 is 0 Å². The second kappa shape index (κ2) is 12.6. The Morgan fingerprint density at radius 3 is 1.50 bits per heavy atom. The number of nitrogens with zero attached hydrogens (tertiary/aromatic N) is 5. The molecule has 6 aromatic carbocycles. The van der Waals surface area contributed by atoms with Crippen molar-refractivity contribution in [2.24, 2.45) is 0 Å². The quantitative estimate of drug-likeness (QED) is 0.169. The van der Waals surface area contributed by atoms with E-state index in [2.05, 4.69) is 125 Å². The van der Waals surface area contributed by atoms with Gasteiger partial charge in [-0.3, -0.25) is 9.97 Å². The van der Waals surface area contributed by atoms with Crippen molar-refractivity contribution in [3.05, 3.63) is 176 Å². The Morgan fingerprint density at radius 1 is 0.280 bits per heavy atom. The lowest BCUT2D eigenvalue weighted by Crippen LogP contribution is -2.01. The van der Waals surface area contributed by atoms with Crippen LogP contribution in [0.1, 0.15) is 0 Å². The van der Waals surface area contributed by atoms with Crippen LogP contribution in [0, 0.1) is 0 Å². The second-order valence-electron chi connectivity index (χ2n) is 12.1. The van der Waals surface area contributed by atoms with Crippen LogP contribution in [0.3, 0.4) is 0 Å². The van der Waals surface area contributed by atoms with Crippen molar-refractivity contribution in [2.45, 2.75) is 0 Å². The second-order valence-corrected chi connectivity index (χ2v) is 12.1. The summed E-state index contributed by atoms with van der Waals surface area (Å²) < 4.78 is 0. The Labute approximate surface area is 289 Å². The molecule has 0 radical (unpaired) electrons. The molecule has 5 nitrogen and oxygen atoms in total. The van der Waals surface area contributed by atoms with E-state index in [1.54, 1.807) is 0 Å². The Bertz CT molecular complexity index is 2620. The van der Waals surface area contributed by atoms with E-state index in [0.717, 1.165) is 71.9 Å². The van der Waals surface area contributed by atoms with Crippen LogP contribution in [0.15, 0.2) is 176 Å². The molecule has 0 saturated carbocycles. The number of rotatable bonds is 6. The number of hydrogen-bond acceptors (Lipinski definition) is 5. The van der Waals surface area contributed by atoms with Gasteiger partial charge in [-0.1, -0.05) is 152 Å². The average Bonchev–Trinajstić information content (AvgIpc) is 3.21. The largest absolute Gasteiger partial charge is 0.254 e. The molecule has 0 amide bonds. The molecule has 0 aliphatic heterocycles. The predicted octanol–water partition coefficient (Wildman–Crippen LogP) is 11.0. The zero-order chi connectivity index (χ0) is 33.3. The van der Waals surface area contributed by atoms with E-state index in [0.29, 0.717) is 17.5 Å². The lowest BCUT2D eigenvalue weighted by atomic mass is 9.97. The van der Waals surface area contributed by atoms with Gasteiger partial charge in [0.15, 0.2) is 17.5 Å². The summed E-state index contributed by atoms with van der Waals surface area (Å²) in [6.45, 7) is 0. The molecule has 0 unspecified atom stereocenters. The molecule has 0 aliphatic rings. The minimum absolute atomic E-state index is 0.630. The van der Waals surface area contributed by atoms with Crippen molar-refractivity contribution in [1.82, 2.24) is 24.9 Å². The van der Waals surface area contributed by atoms with E-state index >= 15 is 0 Å². The van der Waals surface area contributed by atoms with Gasteiger partial charge in [-0.05, 0) is 45.5 Å². The molecule has 50 heavy (non-hydrogen) atoms. The Kier molecular flexibility index (Phi) is 7.41. The van der Waals surface area contributed by atoms with Crippen molar-refractivity contribution in [2.75, 3.05) is 0 Å². The van der Waals surface area contributed by atoms with Crippen LogP contribution in [0.5, 0.6) is 0 Å². The summed E-state index contributed by atoms with van der Waals surface area (Å²) >= 11 is 0. The monoisotopic (exact) mass is 639 g/mol. The van der Waals surface area contributed by atoms with Gasteiger partial charge in [0.05, 0.1) is 11.0 Å². The van der Waals surface area contributed by atoms with Crippen LogP contribution in [-0.4, -0.2) is 24.9 Å². The fourth-order valence-electron chi connectivity index (χ4n) is 6.55. The van der Waals surface area contributed by atoms with Crippen molar-refractivity contribution >= 4 is 21.8 Å². The first kappa shape index (κ1) is 29.3. The Balaban J connectivity index is 1.07. The van der Waals surface area contributed by atoms with Crippen molar-refractivity contribution in [1.29, 1.82) is 0 Å². The third kappa shape index (κ3) is 5.47. The van der Waals surface area contributed by atoms with Gasteiger partial charge in [-0.15, -0.1) is 0 Å². The van der Waals surface area contributed by atoms with Gasteiger partial charge in [0, 0.05) is 39.9 Å². The molecule has 234 valence electrons. The predicted molar refractivity (Wildman–Crippen MR) is 203 cm³/mol. The van der Waals surface area contributed by atoms with Gasteiger partial charge in [0.2, 0.25) is 0 Å². The molecule has 0 saturated heterocycles. The van der Waals surface area contributed by atoms with Crippen molar-refractivity contribution < 1.29 is 0 Å². The van der Waals surface area contributed by atoms with Crippen LogP contribution in [0.25, 0.3) is 89.4 Å². The molecule has 0 bridgehead atoms. The van der Waals surface area contributed by atoms with Gasteiger partial charge in [-0.25, -0.2) is 15.0 Å². The molecule has 5 heteroatoms. The van der Waals surface area contributed by atoms with Crippen LogP contribution in [0.4, 0.5) is 0 Å². The van der Waals surface area contributed by atoms with E-state index in [4.69, 9.17) is 15.0 Å². The molecular formula is C45H29N5. The third-order valence-electron chi connectivity index (χ3n) is 9.08. The number of fused-ring (bicyclic) bond motifs is 3. The Morgan fingerprint density at radius 2 is 0.800 bits per heavy atom. The minimum Gasteiger partial charge on any atom is -0.254 e. The average molecular weight is 640 g/mol. The molecule has 0 aliphatic carbocycles. The molecular weight excluding hydrogens is 611 g/mol. The molecule has 3 heterocycles. The Hall–Kier alpha value is -6.85. The van der Waals surface area contributed by atoms with Gasteiger partial charge in [0.1, 0.15) is 0 Å². The maximum atomic E-state index is 5.05. The fourth-order valence-corrected chi connectivity index (χ4v) is 6.55. The number of aromatic nitrogens is 5. The standard InChI is InChI=1S/C45H29N5/c1-3-10-32(11-4-1)37-15-7-8-16-40(37)45-49-43(35-12-5-2-6-13-35)48-44(50-45)36-23-19-31(20-24-36)30-17-21-33(22-18-30)38-27-29-47-42-39(38)26-25-34-14-9-28-46-41(34)42/h1-29H. The SMILES string of the molecule is c1ccc(-c2nc(-c3ccc(-c4ccc(-c5ccnc6c5ccc5cccnc56)cc4)cc3)nc(-c3ccccc3-c3ccccc3)n2)cc1. The smallest absolute Gasteiger partial charge is 0.164 e. The van der Waals surface area contributed by atoms with Gasteiger partial charge in [-0.2, -0.15) is 0 Å². The molecule has 0 spiro atoms. The van der Waals surface area contributed by atoms with Gasteiger partial charge in [0.25, 0.3) is 0 Å². The van der Waals surface area contributed by atoms with Gasteiger partial charge >= 0.3 is 0 Å². The van der Waals surface area contributed by atoms with Crippen LogP contribution in [-0.2, 0) is 0 Å². The summed E-state index contributed by atoms with van der Waals surface area (Å²) in [6, 6.07) is 56.2. The summed E-state index contributed by atoms with van der Waals surface area (Å²) in [6.07, 6.45) is 3.69. The molecule has 0 N–H and O–H groups in total. The van der Waals surface area contributed by atoms with Crippen LogP contribution < -0.4 is 0 Å². The zero-order valence-corrected chi connectivity index (χ0v) is 27.0. The molecule has 3 aromatic heterocycles. The lowest BCUT2D eigenvalue weighted by Gasteiger charge is -2.12. The topological polar surface area (TPSA) is 64.5 Å². The first-order valence-electron chi connectivity index (χ1n) is 16.6. The summed E-state index contributed by atoms with van der Waals surface area (Å²) in [5, 5.41) is 2.18. The lowest BCUT2D eigenvalue weighted by molar-refractivity contribution is 1.07. The van der Waals surface area contributed by atoms with E-state index < -0.39 is 0 Å². The van der Waals surface area contributed by atoms with Gasteiger partial charge < -0.3 is 0 Å². The normalized spacial score (nSPS) is 11.2. The summed E-state index contributed by atoms with van der Waals surface area (Å²) in [4.78, 5) is 24.3. The first-order chi connectivity index (χ1) is 24.8. The van der Waals surface area contributed by atoms with Crippen molar-refractivity contribution in [3.63, 3.8) is 0 Å². The van der Waals surface area contributed by atoms with E-state index in [-0.39, 0.29) is 0 Å².